The number of ether oxygens (including phenoxy) is 1. The Bertz CT molecular complexity index is 255. The quantitative estimate of drug-likeness (QED) is 0.770. The van der Waals surface area contributed by atoms with Crippen molar-refractivity contribution in [1.82, 2.24) is 10.2 Å². The van der Waals surface area contributed by atoms with Crippen LogP contribution in [0.3, 0.4) is 0 Å². The molecule has 0 bridgehead atoms. The predicted octanol–water partition coefficient (Wildman–Crippen LogP) is 2.90. The second kappa shape index (κ2) is 7.61. The fourth-order valence-corrected chi connectivity index (χ4v) is 2.74. The Kier molecular flexibility index (Phi) is 6.78. The van der Waals surface area contributed by atoms with Crippen LogP contribution in [0.15, 0.2) is 0 Å². The lowest BCUT2D eigenvalue weighted by Crippen LogP contribution is -2.58. The maximum atomic E-state index is 5.55. The van der Waals surface area contributed by atoms with Crippen molar-refractivity contribution in [2.45, 2.75) is 71.6 Å². The summed E-state index contributed by atoms with van der Waals surface area (Å²) >= 11 is 0. The molecule has 114 valence electrons. The first-order chi connectivity index (χ1) is 8.93. The van der Waals surface area contributed by atoms with Crippen LogP contribution in [-0.4, -0.2) is 49.3 Å². The van der Waals surface area contributed by atoms with Crippen LogP contribution < -0.4 is 5.32 Å². The van der Waals surface area contributed by atoms with Gasteiger partial charge in [0.2, 0.25) is 0 Å². The molecule has 0 aromatic rings. The third kappa shape index (κ3) is 5.05. The summed E-state index contributed by atoms with van der Waals surface area (Å²) in [6.07, 6.45) is 3.59. The lowest BCUT2D eigenvalue weighted by molar-refractivity contribution is -0.00204. The standard InChI is InChI=1S/C16H34N2O/c1-7-13(3)15-12-18(14(8-2)11-17-15)10-9-16(4,5)19-6/h13-15,17H,7-12H2,1-6H3. The van der Waals surface area contributed by atoms with E-state index in [-0.39, 0.29) is 5.60 Å². The Hall–Kier alpha value is -0.120. The molecule has 1 fully saturated rings. The van der Waals surface area contributed by atoms with E-state index in [4.69, 9.17) is 4.74 Å². The average Bonchev–Trinajstić information content (AvgIpc) is 2.44. The minimum atomic E-state index is -0.00492. The van der Waals surface area contributed by atoms with Crippen molar-refractivity contribution in [3.63, 3.8) is 0 Å². The van der Waals surface area contributed by atoms with Crippen LogP contribution in [0.1, 0.15) is 53.9 Å². The van der Waals surface area contributed by atoms with Crippen molar-refractivity contribution in [1.29, 1.82) is 0 Å². The molecule has 1 aliphatic rings. The molecular formula is C16H34N2O. The highest BCUT2D eigenvalue weighted by molar-refractivity contribution is 4.88. The van der Waals surface area contributed by atoms with Gasteiger partial charge in [0.15, 0.2) is 0 Å². The van der Waals surface area contributed by atoms with E-state index in [0.717, 1.165) is 25.4 Å². The van der Waals surface area contributed by atoms with E-state index in [1.165, 1.54) is 19.4 Å². The van der Waals surface area contributed by atoms with Gasteiger partial charge in [-0.05, 0) is 32.6 Å². The van der Waals surface area contributed by atoms with E-state index in [1.54, 1.807) is 0 Å². The van der Waals surface area contributed by atoms with Crippen molar-refractivity contribution >= 4 is 0 Å². The number of nitrogens with one attached hydrogen (secondary N) is 1. The zero-order valence-corrected chi connectivity index (χ0v) is 13.8. The number of methoxy groups -OCH3 is 1. The minimum absolute atomic E-state index is 0.00492. The van der Waals surface area contributed by atoms with Crippen LogP contribution in [0.25, 0.3) is 0 Å². The zero-order valence-electron chi connectivity index (χ0n) is 13.8. The molecule has 3 atom stereocenters. The SMILES string of the molecule is CCC(C)C1CN(CCC(C)(C)OC)C(CC)CN1. The van der Waals surface area contributed by atoms with Gasteiger partial charge in [0.1, 0.15) is 0 Å². The Morgan fingerprint density at radius 2 is 2.05 bits per heavy atom. The molecule has 0 amide bonds. The van der Waals surface area contributed by atoms with Gasteiger partial charge in [-0.3, -0.25) is 4.90 Å². The molecule has 3 unspecified atom stereocenters. The summed E-state index contributed by atoms with van der Waals surface area (Å²) in [6, 6.07) is 1.34. The molecule has 3 nitrogen and oxygen atoms in total. The van der Waals surface area contributed by atoms with Crippen molar-refractivity contribution in [2.75, 3.05) is 26.7 Å². The van der Waals surface area contributed by atoms with Gasteiger partial charge in [-0.25, -0.2) is 0 Å². The topological polar surface area (TPSA) is 24.5 Å². The molecular weight excluding hydrogens is 236 g/mol. The summed E-state index contributed by atoms with van der Waals surface area (Å²) in [5, 5.41) is 3.74. The van der Waals surface area contributed by atoms with Crippen molar-refractivity contribution in [3.8, 4) is 0 Å². The fraction of sp³-hybridized carbons (Fsp3) is 1.00. The van der Waals surface area contributed by atoms with E-state index >= 15 is 0 Å². The Balaban J connectivity index is 2.55. The van der Waals surface area contributed by atoms with Crippen LogP contribution in [0.4, 0.5) is 0 Å². The fourth-order valence-electron chi connectivity index (χ4n) is 2.74. The largest absolute Gasteiger partial charge is 0.379 e. The highest BCUT2D eigenvalue weighted by Gasteiger charge is 2.30. The number of hydrogen-bond donors (Lipinski definition) is 1. The second-order valence-corrected chi connectivity index (χ2v) is 6.67. The maximum Gasteiger partial charge on any atom is 0.0634 e. The molecule has 1 aliphatic heterocycles. The molecule has 1 heterocycles. The lowest BCUT2D eigenvalue weighted by atomic mass is 9.94. The summed E-state index contributed by atoms with van der Waals surface area (Å²) in [5.41, 5.74) is -0.00492. The summed E-state index contributed by atoms with van der Waals surface area (Å²) in [6.45, 7) is 14.8. The first kappa shape index (κ1) is 16.9. The van der Waals surface area contributed by atoms with Gasteiger partial charge in [0.25, 0.3) is 0 Å². The van der Waals surface area contributed by atoms with E-state index in [2.05, 4.69) is 44.8 Å². The first-order valence-electron chi connectivity index (χ1n) is 7.96. The van der Waals surface area contributed by atoms with Gasteiger partial charge < -0.3 is 10.1 Å². The zero-order chi connectivity index (χ0) is 14.5. The summed E-state index contributed by atoms with van der Waals surface area (Å²) in [4.78, 5) is 2.67. The molecule has 0 spiro atoms. The number of hydrogen-bond acceptors (Lipinski definition) is 3. The van der Waals surface area contributed by atoms with E-state index in [0.29, 0.717) is 12.1 Å². The Labute approximate surface area is 120 Å². The lowest BCUT2D eigenvalue weighted by Gasteiger charge is -2.43. The van der Waals surface area contributed by atoms with Gasteiger partial charge in [-0.1, -0.05) is 27.2 Å². The average molecular weight is 270 g/mol. The molecule has 19 heavy (non-hydrogen) atoms. The van der Waals surface area contributed by atoms with Crippen LogP contribution in [0.5, 0.6) is 0 Å². The van der Waals surface area contributed by atoms with E-state index in [9.17, 15) is 0 Å². The number of nitrogens with zero attached hydrogens (tertiary/aromatic N) is 1. The molecule has 0 aromatic heterocycles. The molecule has 3 heteroatoms. The normalized spacial score (nSPS) is 27.5. The third-order valence-corrected chi connectivity index (χ3v) is 4.92. The monoisotopic (exact) mass is 270 g/mol. The molecule has 0 saturated carbocycles. The van der Waals surface area contributed by atoms with Crippen LogP contribution in [0.2, 0.25) is 0 Å². The number of piperazine rings is 1. The van der Waals surface area contributed by atoms with Crippen LogP contribution in [0, 0.1) is 5.92 Å². The van der Waals surface area contributed by atoms with Crippen LogP contribution in [-0.2, 0) is 4.74 Å². The van der Waals surface area contributed by atoms with Gasteiger partial charge in [0, 0.05) is 38.8 Å². The first-order valence-corrected chi connectivity index (χ1v) is 7.96. The molecule has 1 saturated heterocycles. The summed E-state index contributed by atoms with van der Waals surface area (Å²) in [7, 11) is 1.82. The summed E-state index contributed by atoms with van der Waals surface area (Å²) < 4.78 is 5.55. The predicted molar refractivity (Wildman–Crippen MR) is 82.6 cm³/mol. The van der Waals surface area contributed by atoms with Gasteiger partial charge in [-0.2, -0.15) is 0 Å². The van der Waals surface area contributed by atoms with Crippen LogP contribution >= 0.6 is 0 Å². The Morgan fingerprint density at radius 1 is 1.37 bits per heavy atom. The van der Waals surface area contributed by atoms with Crippen molar-refractivity contribution < 1.29 is 4.74 Å². The van der Waals surface area contributed by atoms with E-state index in [1.807, 2.05) is 7.11 Å². The van der Waals surface area contributed by atoms with Gasteiger partial charge in [0.05, 0.1) is 5.60 Å². The molecule has 1 N–H and O–H groups in total. The molecule has 0 aliphatic carbocycles. The third-order valence-electron chi connectivity index (χ3n) is 4.92. The highest BCUT2D eigenvalue weighted by atomic mass is 16.5. The highest BCUT2D eigenvalue weighted by Crippen LogP contribution is 2.20. The van der Waals surface area contributed by atoms with Gasteiger partial charge in [-0.15, -0.1) is 0 Å². The van der Waals surface area contributed by atoms with Crippen molar-refractivity contribution in [2.24, 2.45) is 5.92 Å². The summed E-state index contributed by atoms with van der Waals surface area (Å²) in [5.74, 6) is 0.760. The minimum Gasteiger partial charge on any atom is -0.379 e. The number of rotatable bonds is 7. The maximum absolute atomic E-state index is 5.55. The molecule has 0 radical (unpaired) electrons. The molecule has 1 rings (SSSR count). The van der Waals surface area contributed by atoms with E-state index < -0.39 is 0 Å². The smallest absolute Gasteiger partial charge is 0.0634 e. The van der Waals surface area contributed by atoms with Crippen molar-refractivity contribution in [3.05, 3.63) is 0 Å². The molecule has 0 aromatic carbocycles. The van der Waals surface area contributed by atoms with Gasteiger partial charge >= 0.3 is 0 Å². The second-order valence-electron chi connectivity index (χ2n) is 6.67. The Morgan fingerprint density at radius 3 is 2.58 bits per heavy atom.